The zero-order valence-corrected chi connectivity index (χ0v) is 20.0. The summed E-state index contributed by atoms with van der Waals surface area (Å²) in [6, 6.07) is 22.5. The lowest BCUT2D eigenvalue weighted by atomic mass is 10.1. The van der Waals surface area contributed by atoms with E-state index in [4.69, 9.17) is 4.98 Å². The number of nitrogens with zero attached hydrogens (tertiary/aromatic N) is 3. The summed E-state index contributed by atoms with van der Waals surface area (Å²) in [5.74, 6) is -0.329. The van der Waals surface area contributed by atoms with Crippen LogP contribution in [0.2, 0.25) is 0 Å². The van der Waals surface area contributed by atoms with Gasteiger partial charge in [0.1, 0.15) is 5.82 Å². The van der Waals surface area contributed by atoms with E-state index in [1.54, 1.807) is 29.2 Å². The maximum absolute atomic E-state index is 13.2. The van der Waals surface area contributed by atoms with Crippen molar-refractivity contribution in [3.05, 3.63) is 89.5 Å². The molecule has 0 atom stereocenters. The monoisotopic (exact) mass is 483 g/mol. The molecular weight excluding hydrogens is 454 g/mol. The standard InChI is InChI=1S/C29H29N3O4/c33-17-16-31(19-20-6-2-1-3-7-20)28(34)22-12-10-21(11-13-22)27-30-25-18-23(29(35)36)14-15-26(25)32(27)24-8-4-5-9-24/h1-3,6-7,10-15,18,24,33H,4-5,8-9,16-17,19H2,(H,35,36). The molecule has 1 amide bonds. The predicted molar refractivity (Wildman–Crippen MR) is 138 cm³/mol. The molecule has 0 radical (unpaired) electrons. The average Bonchev–Trinajstić information content (AvgIpc) is 3.56. The largest absolute Gasteiger partial charge is 0.478 e. The zero-order valence-electron chi connectivity index (χ0n) is 20.0. The van der Waals surface area contributed by atoms with Gasteiger partial charge in [0.25, 0.3) is 5.91 Å². The maximum atomic E-state index is 13.2. The van der Waals surface area contributed by atoms with Crippen LogP contribution in [-0.2, 0) is 6.54 Å². The molecular formula is C29H29N3O4. The van der Waals surface area contributed by atoms with Gasteiger partial charge in [-0.1, -0.05) is 55.3 Å². The highest BCUT2D eigenvalue weighted by atomic mass is 16.4. The molecule has 0 aliphatic heterocycles. The van der Waals surface area contributed by atoms with Gasteiger partial charge < -0.3 is 19.7 Å². The Labute approximate surface area is 209 Å². The first-order valence-electron chi connectivity index (χ1n) is 12.3. The lowest BCUT2D eigenvalue weighted by Crippen LogP contribution is -2.33. The fourth-order valence-electron chi connectivity index (χ4n) is 5.09. The molecule has 1 aliphatic carbocycles. The van der Waals surface area contributed by atoms with Crippen LogP contribution in [0.3, 0.4) is 0 Å². The number of aliphatic hydroxyl groups excluding tert-OH is 1. The van der Waals surface area contributed by atoms with Crippen molar-refractivity contribution in [3.8, 4) is 11.4 Å². The number of amides is 1. The highest BCUT2D eigenvalue weighted by Crippen LogP contribution is 2.37. The van der Waals surface area contributed by atoms with Gasteiger partial charge in [-0.25, -0.2) is 9.78 Å². The van der Waals surface area contributed by atoms with Gasteiger partial charge in [-0.2, -0.15) is 0 Å². The average molecular weight is 484 g/mol. The predicted octanol–water partition coefficient (Wildman–Crippen LogP) is 5.15. The Morgan fingerprint density at radius 3 is 2.31 bits per heavy atom. The quantitative estimate of drug-likeness (QED) is 0.361. The molecule has 184 valence electrons. The molecule has 0 unspecified atom stereocenters. The van der Waals surface area contributed by atoms with Gasteiger partial charge in [0, 0.05) is 30.3 Å². The second kappa shape index (κ2) is 10.3. The number of imidazole rings is 1. The summed E-state index contributed by atoms with van der Waals surface area (Å²) in [4.78, 5) is 31.2. The number of carbonyl (C=O) groups excluding carboxylic acids is 1. The number of carbonyl (C=O) groups is 2. The molecule has 2 N–H and O–H groups in total. The van der Waals surface area contributed by atoms with Crippen molar-refractivity contribution in [2.75, 3.05) is 13.2 Å². The number of carboxylic acid groups (broad SMARTS) is 1. The van der Waals surface area contributed by atoms with Crippen LogP contribution in [-0.4, -0.2) is 49.7 Å². The molecule has 0 bridgehead atoms. The summed E-state index contributed by atoms with van der Waals surface area (Å²) in [5, 5.41) is 18.9. The smallest absolute Gasteiger partial charge is 0.335 e. The van der Waals surface area contributed by atoms with E-state index >= 15 is 0 Å². The van der Waals surface area contributed by atoms with Crippen molar-refractivity contribution < 1.29 is 19.8 Å². The molecule has 7 nitrogen and oxygen atoms in total. The third-order valence-electron chi connectivity index (χ3n) is 6.89. The third kappa shape index (κ3) is 4.75. The molecule has 1 fully saturated rings. The van der Waals surface area contributed by atoms with Gasteiger partial charge in [-0.15, -0.1) is 0 Å². The minimum atomic E-state index is -0.973. The lowest BCUT2D eigenvalue weighted by Gasteiger charge is -2.22. The summed E-state index contributed by atoms with van der Waals surface area (Å²) >= 11 is 0. The number of aliphatic hydroxyl groups is 1. The lowest BCUT2D eigenvalue weighted by molar-refractivity contribution is 0.0693. The van der Waals surface area contributed by atoms with Crippen LogP contribution in [0.5, 0.6) is 0 Å². The number of carboxylic acids is 1. The first-order chi connectivity index (χ1) is 17.5. The number of hydrogen-bond donors (Lipinski definition) is 2. The Morgan fingerprint density at radius 1 is 0.944 bits per heavy atom. The Kier molecular flexibility index (Phi) is 6.82. The van der Waals surface area contributed by atoms with E-state index in [-0.39, 0.29) is 24.6 Å². The highest BCUT2D eigenvalue weighted by molar-refractivity contribution is 5.95. The van der Waals surface area contributed by atoms with Gasteiger partial charge in [0.05, 0.1) is 23.2 Å². The van der Waals surface area contributed by atoms with Gasteiger partial charge in [-0.3, -0.25) is 4.79 Å². The van der Waals surface area contributed by atoms with E-state index in [0.717, 1.165) is 48.2 Å². The second-order valence-electron chi connectivity index (χ2n) is 9.27. The number of benzene rings is 3. The molecule has 1 saturated carbocycles. The van der Waals surface area contributed by atoms with E-state index in [0.29, 0.717) is 23.7 Å². The summed E-state index contributed by atoms with van der Waals surface area (Å²) in [6.45, 7) is 0.560. The van der Waals surface area contributed by atoms with E-state index < -0.39 is 5.97 Å². The maximum Gasteiger partial charge on any atom is 0.335 e. The van der Waals surface area contributed by atoms with Crippen LogP contribution < -0.4 is 0 Å². The van der Waals surface area contributed by atoms with Crippen LogP contribution >= 0.6 is 0 Å². The number of aromatic carboxylic acids is 1. The number of fused-ring (bicyclic) bond motifs is 1. The fraction of sp³-hybridized carbons (Fsp3) is 0.276. The minimum absolute atomic E-state index is 0.111. The SMILES string of the molecule is O=C(O)c1ccc2c(c1)nc(-c1ccc(C(=O)N(CCO)Cc3ccccc3)cc1)n2C1CCCC1. The van der Waals surface area contributed by atoms with Crippen LogP contribution in [0.1, 0.15) is 58.0 Å². The molecule has 36 heavy (non-hydrogen) atoms. The van der Waals surface area contributed by atoms with Gasteiger partial charge in [0.2, 0.25) is 0 Å². The summed E-state index contributed by atoms with van der Waals surface area (Å²) in [6.07, 6.45) is 4.44. The van der Waals surface area contributed by atoms with Crippen molar-refractivity contribution in [3.63, 3.8) is 0 Å². The van der Waals surface area contributed by atoms with Crippen LogP contribution in [0.4, 0.5) is 0 Å². The summed E-state index contributed by atoms with van der Waals surface area (Å²) < 4.78 is 2.23. The van der Waals surface area contributed by atoms with Gasteiger partial charge in [0.15, 0.2) is 0 Å². The molecule has 5 rings (SSSR count). The van der Waals surface area contributed by atoms with Crippen molar-refractivity contribution >= 4 is 22.9 Å². The van der Waals surface area contributed by atoms with Crippen molar-refractivity contribution in [1.29, 1.82) is 0 Å². The van der Waals surface area contributed by atoms with Crippen LogP contribution in [0, 0.1) is 0 Å². The Balaban J connectivity index is 1.47. The summed E-state index contributed by atoms with van der Waals surface area (Å²) in [7, 11) is 0. The van der Waals surface area contributed by atoms with Crippen molar-refractivity contribution in [1.82, 2.24) is 14.5 Å². The van der Waals surface area contributed by atoms with E-state index in [1.807, 2.05) is 48.5 Å². The topological polar surface area (TPSA) is 95.7 Å². The fourth-order valence-corrected chi connectivity index (χ4v) is 5.09. The van der Waals surface area contributed by atoms with E-state index in [1.165, 1.54) is 0 Å². The van der Waals surface area contributed by atoms with Crippen LogP contribution in [0.15, 0.2) is 72.8 Å². The Bertz CT molecular complexity index is 1370. The molecule has 1 aliphatic rings. The third-order valence-corrected chi connectivity index (χ3v) is 6.89. The van der Waals surface area contributed by atoms with Crippen molar-refractivity contribution in [2.45, 2.75) is 38.3 Å². The van der Waals surface area contributed by atoms with Gasteiger partial charge >= 0.3 is 5.97 Å². The molecule has 1 aromatic heterocycles. The molecule has 1 heterocycles. The van der Waals surface area contributed by atoms with Crippen LogP contribution in [0.25, 0.3) is 22.4 Å². The Hall–Kier alpha value is -3.97. The minimum Gasteiger partial charge on any atom is -0.478 e. The molecule has 4 aromatic rings. The number of hydrogen-bond acceptors (Lipinski definition) is 4. The highest BCUT2D eigenvalue weighted by Gasteiger charge is 2.24. The normalized spacial score (nSPS) is 13.8. The first kappa shape index (κ1) is 23.8. The molecule has 3 aromatic carbocycles. The second-order valence-corrected chi connectivity index (χ2v) is 9.27. The zero-order chi connectivity index (χ0) is 25.1. The molecule has 0 spiro atoms. The Morgan fingerprint density at radius 2 is 1.64 bits per heavy atom. The van der Waals surface area contributed by atoms with Crippen molar-refractivity contribution in [2.24, 2.45) is 0 Å². The molecule has 0 saturated heterocycles. The van der Waals surface area contributed by atoms with Gasteiger partial charge in [-0.05, 0) is 48.7 Å². The first-order valence-corrected chi connectivity index (χ1v) is 12.3. The summed E-state index contributed by atoms with van der Waals surface area (Å²) in [5.41, 5.74) is 4.23. The van der Waals surface area contributed by atoms with E-state index in [2.05, 4.69) is 4.57 Å². The van der Waals surface area contributed by atoms with E-state index in [9.17, 15) is 19.8 Å². The number of aromatic nitrogens is 2. The number of rotatable bonds is 8. The molecule has 7 heteroatoms.